The monoisotopic (exact) mass is 185 g/mol. The van der Waals surface area contributed by atoms with E-state index in [2.05, 4.69) is 16.2 Å². The molecule has 0 fully saturated rings. The third-order valence-electron chi connectivity index (χ3n) is 1.05. The third-order valence-corrected chi connectivity index (χ3v) is 1.90. The Labute approximate surface area is 69.4 Å². The molecule has 63 valence electrons. The zero-order valence-electron chi connectivity index (χ0n) is 6.18. The van der Waals surface area contributed by atoms with E-state index < -0.39 is 9.84 Å². The Morgan fingerprint density at radius 2 is 2.25 bits per heavy atom. The van der Waals surface area contributed by atoms with Gasteiger partial charge in [-0.05, 0) is 6.07 Å². The molecular formula is C6H5N2O3S. The van der Waals surface area contributed by atoms with E-state index in [9.17, 15) is 13.2 Å². The highest BCUT2D eigenvalue weighted by Crippen LogP contribution is 1.99. The number of aromatic nitrogens is 2. The highest BCUT2D eigenvalue weighted by atomic mass is 32.2. The van der Waals surface area contributed by atoms with E-state index in [1.807, 2.05) is 0 Å². The minimum atomic E-state index is -3.45. The maximum atomic E-state index is 10.8. The summed E-state index contributed by atoms with van der Waals surface area (Å²) in [5.41, 5.74) is 0.00502. The van der Waals surface area contributed by atoms with Crippen LogP contribution in [0.5, 0.6) is 0 Å². The van der Waals surface area contributed by atoms with Crippen molar-refractivity contribution in [3.63, 3.8) is 0 Å². The highest BCUT2D eigenvalue weighted by Gasteiger charge is 2.10. The van der Waals surface area contributed by atoms with E-state index in [-0.39, 0.29) is 10.9 Å². The quantitative estimate of drug-likeness (QED) is 0.458. The summed E-state index contributed by atoms with van der Waals surface area (Å²) in [4.78, 5) is 17.0. The van der Waals surface area contributed by atoms with Gasteiger partial charge >= 0.3 is 0 Å². The summed E-state index contributed by atoms with van der Waals surface area (Å²) in [5, 5.41) is -0.382. The van der Waals surface area contributed by atoms with Crippen LogP contribution in [0.1, 0.15) is 10.5 Å². The first kappa shape index (κ1) is 8.79. The lowest BCUT2D eigenvalue weighted by Gasteiger charge is -1.94. The van der Waals surface area contributed by atoms with Crippen molar-refractivity contribution >= 4 is 16.1 Å². The van der Waals surface area contributed by atoms with Gasteiger partial charge in [-0.1, -0.05) is 0 Å². The summed E-state index contributed by atoms with van der Waals surface area (Å²) in [6.07, 6.45) is 3.66. The number of aldehydes is 1. The summed E-state index contributed by atoms with van der Waals surface area (Å²) < 4.78 is 21.7. The van der Waals surface area contributed by atoms with Crippen LogP contribution in [0.4, 0.5) is 0 Å². The van der Waals surface area contributed by atoms with E-state index in [1.165, 1.54) is 6.07 Å². The van der Waals surface area contributed by atoms with E-state index in [0.29, 0.717) is 6.29 Å². The normalized spacial score (nSPS) is 11.1. The van der Waals surface area contributed by atoms with Gasteiger partial charge in [0, 0.05) is 6.26 Å². The summed E-state index contributed by atoms with van der Waals surface area (Å²) in [7, 11) is -3.45. The molecule has 1 aromatic rings. The third kappa shape index (κ3) is 1.85. The topological polar surface area (TPSA) is 77.0 Å². The van der Waals surface area contributed by atoms with Gasteiger partial charge in [-0.15, -0.1) is 0 Å². The largest absolute Gasteiger partial charge is 0.296 e. The number of hydrogen-bond donors (Lipinski definition) is 0. The van der Waals surface area contributed by atoms with Crippen molar-refractivity contribution in [2.24, 2.45) is 0 Å². The molecule has 1 rings (SSSR count). The molecule has 12 heavy (non-hydrogen) atoms. The van der Waals surface area contributed by atoms with Gasteiger partial charge in [0.2, 0.25) is 15.0 Å². The molecule has 0 aromatic carbocycles. The number of carbonyl (C=O) groups is 1. The Morgan fingerprint density at radius 1 is 1.58 bits per heavy atom. The lowest BCUT2D eigenvalue weighted by atomic mass is 10.5. The molecule has 5 nitrogen and oxygen atoms in total. The second kappa shape index (κ2) is 2.98. The summed E-state index contributed by atoms with van der Waals surface area (Å²) in [6, 6.07) is 1.21. The molecule has 6 heteroatoms. The summed E-state index contributed by atoms with van der Waals surface area (Å²) >= 11 is 0. The molecule has 0 saturated heterocycles. The second-order valence-corrected chi connectivity index (χ2v) is 4.00. The molecule has 1 radical (unpaired) electrons. The molecule has 0 atom stereocenters. The van der Waals surface area contributed by atoms with E-state index in [0.717, 1.165) is 6.26 Å². The maximum absolute atomic E-state index is 10.8. The molecule has 0 aliphatic carbocycles. The van der Waals surface area contributed by atoms with E-state index in [4.69, 9.17) is 0 Å². The van der Waals surface area contributed by atoms with Crippen LogP contribution in [0.25, 0.3) is 0 Å². The van der Waals surface area contributed by atoms with Gasteiger partial charge in [-0.3, -0.25) is 4.79 Å². The minimum absolute atomic E-state index is 0.00502. The zero-order valence-corrected chi connectivity index (χ0v) is 7.00. The van der Waals surface area contributed by atoms with Crippen LogP contribution in [-0.4, -0.2) is 30.9 Å². The summed E-state index contributed by atoms with van der Waals surface area (Å²) in [5.74, 6) is 0. The lowest BCUT2D eigenvalue weighted by Crippen LogP contribution is -2.05. The molecule has 0 aliphatic rings. The van der Waals surface area contributed by atoms with Crippen molar-refractivity contribution in [2.75, 3.05) is 6.26 Å². The van der Waals surface area contributed by atoms with Crippen LogP contribution in [-0.2, 0) is 9.84 Å². The molecule has 1 aromatic heterocycles. The first-order valence-electron chi connectivity index (χ1n) is 2.94. The van der Waals surface area contributed by atoms with Gasteiger partial charge in [-0.25, -0.2) is 18.4 Å². The first-order chi connectivity index (χ1) is 5.54. The average Bonchev–Trinajstić information content (AvgIpc) is 2.03. The van der Waals surface area contributed by atoms with Crippen LogP contribution in [0.2, 0.25) is 0 Å². The number of sulfone groups is 1. The molecule has 0 aliphatic heterocycles. The molecule has 0 spiro atoms. The van der Waals surface area contributed by atoms with Gasteiger partial charge in [0.25, 0.3) is 0 Å². The number of nitrogens with zero attached hydrogens (tertiary/aromatic N) is 2. The van der Waals surface area contributed by atoms with Crippen LogP contribution < -0.4 is 0 Å². The Bertz CT molecular complexity index is 399. The smallest absolute Gasteiger partial charge is 0.248 e. The predicted molar refractivity (Wildman–Crippen MR) is 39.4 cm³/mol. The molecule has 0 unspecified atom stereocenters. The molecule has 0 amide bonds. The van der Waals surface area contributed by atoms with E-state index in [1.54, 1.807) is 0 Å². The Kier molecular flexibility index (Phi) is 2.18. The van der Waals surface area contributed by atoms with Crippen LogP contribution >= 0.6 is 0 Å². The van der Waals surface area contributed by atoms with Crippen molar-refractivity contribution in [3.05, 3.63) is 18.0 Å². The van der Waals surface area contributed by atoms with Crippen molar-refractivity contribution in [2.45, 2.75) is 5.16 Å². The summed E-state index contributed by atoms with van der Waals surface area (Å²) in [6.45, 7) is 0. The van der Waals surface area contributed by atoms with Gasteiger partial charge in [0.05, 0.1) is 6.20 Å². The first-order valence-corrected chi connectivity index (χ1v) is 4.83. The molecular weight excluding hydrogens is 180 g/mol. The fraction of sp³-hybridized carbons (Fsp3) is 0.167. The van der Waals surface area contributed by atoms with Gasteiger partial charge < -0.3 is 0 Å². The molecule has 0 bridgehead atoms. The minimum Gasteiger partial charge on any atom is -0.296 e. The Hall–Kier alpha value is -1.30. The Balaban J connectivity index is 3.29. The zero-order chi connectivity index (χ0) is 9.19. The number of carbonyl (C=O) groups excluding carboxylic acids is 1. The van der Waals surface area contributed by atoms with Crippen molar-refractivity contribution < 1.29 is 13.2 Å². The van der Waals surface area contributed by atoms with Crippen LogP contribution in [0, 0.1) is 6.20 Å². The fourth-order valence-corrected chi connectivity index (χ4v) is 1.04. The standard InChI is InChI=1S/C6H5N2O3S/c1-12(10,11)6-7-3-2-5(4-9)8-6/h2,4H,1H3. The SMILES string of the molecule is CS(=O)(=O)c1n[c]cc(C=O)n1. The fourth-order valence-electron chi connectivity index (χ4n) is 0.548. The highest BCUT2D eigenvalue weighted by molar-refractivity contribution is 7.90. The Morgan fingerprint density at radius 3 is 2.75 bits per heavy atom. The number of hydrogen-bond acceptors (Lipinski definition) is 5. The van der Waals surface area contributed by atoms with Crippen molar-refractivity contribution in [1.82, 2.24) is 9.97 Å². The lowest BCUT2D eigenvalue weighted by molar-refractivity contribution is 0.111. The number of rotatable bonds is 2. The molecule has 0 saturated carbocycles. The van der Waals surface area contributed by atoms with Gasteiger partial charge in [0.15, 0.2) is 6.29 Å². The van der Waals surface area contributed by atoms with E-state index >= 15 is 0 Å². The van der Waals surface area contributed by atoms with Crippen LogP contribution in [0.15, 0.2) is 11.2 Å². The van der Waals surface area contributed by atoms with Gasteiger partial charge in [0.1, 0.15) is 5.69 Å². The van der Waals surface area contributed by atoms with Crippen molar-refractivity contribution in [1.29, 1.82) is 0 Å². The molecule has 1 heterocycles. The second-order valence-electron chi connectivity index (χ2n) is 2.09. The van der Waals surface area contributed by atoms with Crippen LogP contribution in [0.3, 0.4) is 0 Å². The average molecular weight is 185 g/mol. The van der Waals surface area contributed by atoms with Gasteiger partial charge in [-0.2, -0.15) is 0 Å². The molecule has 0 N–H and O–H groups in total. The van der Waals surface area contributed by atoms with Crippen molar-refractivity contribution in [3.8, 4) is 0 Å². The predicted octanol–water partition coefficient (Wildman–Crippen LogP) is -0.507. The maximum Gasteiger partial charge on any atom is 0.248 e.